The average Bonchev–Trinajstić information content (AvgIpc) is 3.36. The highest BCUT2D eigenvalue weighted by Gasteiger charge is 2.11. The molecule has 136 valence electrons. The smallest absolute Gasteiger partial charge is 0.224 e. The van der Waals surface area contributed by atoms with Crippen molar-refractivity contribution in [1.29, 1.82) is 0 Å². The number of rotatable bonds is 6. The van der Waals surface area contributed by atoms with Crippen LogP contribution in [0.1, 0.15) is 12.2 Å². The Labute approximate surface area is 154 Å². The topological polar surface area (TPSA) is 111 Å². The van der Waals surface area contributed by atoms with E-state index in [-0.39, 0.29) is 5.91 Å². The molecule has 2 aromatic carbocycles. The molecule has 0 saturated carbocycles. The van der Waals surface area contributed by atoms with Gasteiger partial charge in [0.25, 0.3) is 0 Å². The lowest BCUT2D eigenvalue weighted by molar-refractivity contribution is -0.116. The fourth-order valence-corrected chi connectivity index (χ4v) is 2.77. The summed E-state index contributed by atoms with van der Waals surface area (Å²) in [6.45, 7) is 0. The molecule has 0 aliphatic rings. The lowest BCUT2D eigenvalue weighted by atomic mass is 10.2. The van der Waals surface area contributed by atoms with Gasteiger partial charge in [0.1, 0.15) is 17.9 Å². The number of fused-ring (bicyclic) bond motifs is 1. The monoisotopic (exact) mass is 363 g/mol. The average molecular weight is 363 g/mol. The van der Waals surface area contributed by atoms with Gasteiger partial charge in [-0.05, 0) is 34.7 Å². The SMILES string of the molecule is COc1cc(-n2cnnn2)ccc1NC(=O)CCc1nc2ccccc2[nH]1. The van der Waals surface area contributed by atoms with E-state index >= 15 is 0 Å². The molecule has 0 spiro atoms. The van der Waals surface area contributed by atoms with Gasteiger partial charge in [0, 0.05) is 18.9 Å². The van der Waals surface area contributed by atoms with Gasteiger partial charge in [-0.15, -0.1) is 5.10 Å². The molecule has 2 heterocycles. The Balaban J connectivity index is 1.42. The maximum atomic E-state index is 12.3. The zero-order valence-electron chi connectivity index (χ0n) is 14.6. The summed E-state index contributed by atoms with van der Waals surface area (Å²) in [4.78, 5) is 20.0. The Hall–Kier alpha value is -3.75. The number of hydrogen-bond acceptors (Lipinski definition) is 6. The number of para-hydroxylation sites is 2. The number of aryl methyl sites for hydroxylation is 1. The van der Waals surface area contributed by atoms with E-state index in [0.717, 1.165) is 22.5 Å². The van der Waals surface area contributed by atoms with E-state index in [2.05, 4.69) is 30.8 Å². The normalized spacial score (nSPS) is 10.9. The number of carbonyl (C=O) groups excluding carboxylic acids is 1. The first-order valence-electron chi connectivity index (χ1n) is 8.38. The van der Waals surface area contributed by atoms with E-state index in [0.29, 0.717) is 24.3 Å². The van der Waals surface area contributed by atoms with Crippen LogP contribution in [0.2, 0.25) is 0 Å². The van der Waals surface area contributed by atoms with Crippen molar-refractivity contribution in [1.82, 2.24) is 30.2 Å². The highest BCUT2D eigenvalue weighted by molar-refractivity contribution is 5.92. The summed E-state index contributed by atoms with van der Waals surface area (Å²) in [6, 6.07) is 13.1. The van der Waals surface area contributed by atoms with Crippen molar-refractivity contribution >= 4 is 22.6 Å². The van der Waals surface area contributed by atoms with Crippen LogP contribution in [0.5, 0.6) is 5.75 Å². The zero-order valence-corrected chi connectivity index (χ0v) is 14.6. The summed E-state index contributed by atoms with van der Waals surface area (Å²) in [5.41, 5.74) is 3.18. The molecule has 0 unspecified atom stereocenters. The third kappa shape index (κ3) is 3.61. The molecular weight excluding hydrogens is 346 g/mol. The van der Waals surface area contributed by atoms with Crippen LogP contribution in [0.4, 0.5) is 5.69 Å². The number of carbonyl (C=O) groups is 1. The standard InChI is InChI=1S/C18H17N7O2/c1-27-16-10-12(25-11-19-23-24-25)6-7-15(16)22-18(26)9-8-17-20-13-4-2-3-5-14(13)21-17/h2-7,10-11H,8-9H2,1H3,(H,20,21)(H,22,26). The molecule has 0 atom stereocenters. The number of aromatic nitrogens is 6. The molecule has 0 saturated heterocycles. The van der Waals surface area contributed by atoms with E-state index in [1.54, 1.807) is 25.3 Å². The van der Waals surface area contributed by atoms with Gasteiger partial charge in [0.05, 0.1) is 29.5 Å². The van der Waals surface area contributed by atoms with Crippen LogP contribution in [-0.4, -0.2) is 43.2 Å². The van der Waals surface area contributed by atoms with E-state index in [4.69, 9.17) is 4.74 Å². The molecule has 1 amide bonds. The minimum absolute atomic E-state index is 0.121. The number of methoxy groups -OCH3 is 1. The van der Waals surface area contributed by atoms with Gasteiger partial charge in [0.2, 0.25) is 5.91 Å². The largest absolute Gasteiger partial charge is 0.494 e. The molecule has 0 aliphatic heterocycles. The Bertz CT molecular complexity index is 1040. The molecule has 2 N–H and O–H groups in total. The minimum Gasteiger partial charge on any atom is -0.494 e. The maximum absolute atomic E-state index is 12.3. The van der Waals surface area contributed by atoms with E-state index in [1.807, 2.05) is 24.3 Å². The Morgan fingerprint density at radius 1 is 1.26 bits per heavy atom. The third-order valence-corrected chi connectivity index (χ3v) is 4.10. The highest BCUT2D eigenvalue weighted by Crippen LogP contribution is 2.27. The molecule has 27 heavy (non-hydrogen) atoms. The molecule has 0 radical (unpaired) electrons. The molecule has 9 heteroatoms. The second-order valence-electron chi connectivity index (χ2n) is 5.89. The number of H-pyrrole nitrogens is 1. The summed E-state index contributed by atoms with van der Waals surface area (Å²) < 4.78 is 6.88. The predicted molar refractivity (Wildman–Crippen MR) is 98.8 cm³/mol. The lowest BCUT2D eigenvalue weighted by Gasteiger charge is -2.11. The number of hydrogen-bond donors (Lipinski definition) is 2. The lowest BCUT2D eigenvalue weighted by Crippen LogP contribution is -2.13. The summed E-state index contributed by atoms with van der Waals surface area (Å²) in [5, 5.41) is 13.9. The van der Waals surface area contributed by atoms with Crippen molar-refractivity contribution in [2.45, 2.75) is 12.8 Å². The second-order valence-corrected chi connectivity index (χ2v) is 5.89. The van der Waals surface area contributed by atoms with Crippen LogP contribution in [0.25, 0.3) is 16.7 Å². The number of benzene rings is 2. The fraction of sp³-hybridized carbons (Fsp3) is 0.167. The summed E-state index contributed by atoms with van der Waals surface area (Å²) in [7, 11) is 1.54. The van der Waals surface area contributed by atoms with Crippen LogP contribution < -0.4 is 10.1 Å². The molecule has 9 nitrogen and oxygen atoms in total. The van der Waals surface area contributed by atoms with Crippen molar-refractivity contribution in [3.8, 4) is 11.4 Å². The van der Waals surface area contributed by atoms with Gasteiger partial charge < -0.3 is 15.0 Å². The highest BCUT2D eigenvalue weighted by atomic mass is 16.5. The Kier molecular flexibility index (Phi) is 4.48. The number of nitrogens with zero attached hydrogens (tertiary/aromatic N) is 5. The minimum atomic E-state index is -0.121. The van der Waals surface area contributed by atoms with Crippen molar-refractivity contribution < 1.29 is 9.53 Å². The van der Waals surface area contributed by atoms with Crippen LogP contribution in [0.15, 0.2) is 48.8 Å². The van der Waals surface area contributed by atoms with Gasteiger partial charge in [-0.1, -0.05) is 12.1 Å². The Morgan fingerprint density at radius 3 is 2.93 bits per heavy atom. The second kappa shape index (κ2) is 7.24. The third-order valence-electron chi connectivity index (χ3n) is 4.10. The van der Waals surface area contributed by atoms with Gasteiger partial charge in [-0.3, -0.25) is 4.79 Å². The molecule has 4 rings (SSSR count). The van der Waals surface area contributed by atoms with Crippen molar-refractivity contribution in [2.24, 2.45) is 0 Å². The number of tetrazole rings is 1. The van der Waals surface area contributed by atoms with E-state index in [1.165, 1.54) is 11.0 Å². The van der Waals surface area contributed by atoms with Crippen LogP contribution in [0, 0.1) is 0 Å². The first-order chi connectivity index (χ1) is 13.2. The number of aromatic amines is 1. The van der Waals surface area contributed by atoms with Gasteiger partial charge >= 0.3 is 0 Å². The first-order valence-corrected chi connectivity index (χ1v) is 8.38. The molecule has 0 bridgehead atoms. The summed E-state index contributed by atoms with van der Waals surface area (Å²) >= 11 is 0. The summed E-state index contributed by atoms with van der Waals surface area (Å²) in [6.07, 6.45) is 2.31. The zero-order chi connectivity index (χ0) is 18.6. The molecular formula is C18H17N7O2. The number of ether oxygens (including phenoxy) is 1. The van der Waals surface area contributed by atoms with Crippen molar-refractivity contribution in [3.63, 3.8) is 0 Å². The van der Waals surface area contributed by atoms with E-state index < -0.39 is 0 Å². The fourth-order valence-electron chi connectivity index (χ4n) is 2.77. The van der Waals surface area contributed by atoms with Crippen LogP contribution in [0.3, 0.4) is 0 Å². The molecule has 0 fully saturated rings. The summed E-state index contributed by atoms with van der Waals surface area (Å²) in [5.74, 6) is 1.19. The maximum Gasteiger partial charge on any atom is 0.224 e. The first kappa shape index (κ1) is 16.7. The van der Waals surface area contributed by atoms with Gasteiger partial charge in [0.15, 0.2) is 0 Å². The number of imidazole rings is 1. The number of amides is 1. The molecule has 0 aliphatic carbocycles. The van der Waals surface area contributed by atoms with Crippen molar-refractivity contribution in [2.75, 3.05) is 12.4 Å². The van der Waals surface area contributed by atoms with Crippen LogP contribution >= 0.6 is 0 Å². The van der Waals surface area contributed by atoms with E-state index in [9.17, 15) is 4.79 Å². The number of nitrogens with one attached hydrogen (secondary N) is 2. The van der Waals surface area contributed by atoms with Gasteiger partial charge in [-0.2, -0.15) is 0 Å². The quantitative estimate of drug-likeness (QED) is 0.543. The molecule has 4 aromatic rings. The predicted octanol–water partition coefficient (Wildman–Crippen LogP) is 2.12. The molecule has 2 aromatic heterocycles. The van der Waals surface area contributed by atoms with Crippen LogP contribution in [-0.2, 0) is 11.2 Å². The van der Waals surface area contributed by atoms with Crippen molar-refractivity contribution in [3.05, 3.63) is 54.6 Å². The number of anilines is 1. The Morgan fingerprint density at radius 2 is 2.15 bits per heavy atom. The van der Waals surface area contributed by atoms with Gasteiger partial charge in [-0.25, -0.2) is 9.67 Å².